The summed E-state index contributed by atoms with van der Waals surface area (Å²) in [5.74, 6) is 0.154. The van der Waals surface area contributed by atoms with E-state index in [4.69, 9.17) is 0 Å². The second kappa shape index (κ2) is 7.33. The smallest absolute Gasteiger partial charge is 0.317 e. The average Bonchev–Trinajstić information content (AvgIpc) is 2.99. The fourth-order valence-corrected chi connectivity index (χ4v) is 5.25. The van der Waals surface area contributed by atoms with Crippen LogP contribution in [0.2, 0.25) is 0 Å². The topological polar surface area (TPSA) is 94.5 Å². The van der Waals surface area contributed by atoms with Gasteiger partial charge >= 0.3 is 6.03 Å². The molecule has 1 aliphatic heterocycles. The molecule has 1 saturated heterocycles. The fourth-order valence-electron chi connectivity index (χ4n) is 5.25. The lowest BCUT2D eigenvalue weighted by Gasteiger charge is -2.46. The van der Waals surface area contributed by atoms with Gasteiger partial charge < -0.3 is 20.1 Å². The summed E-state index contributed by atoms with van der Waals surface area (Å²) < 4.78 is 0. The number of fused-ring (bicyclic) bond motifs is 2. The first-order valence-electron chi connectivity index (χ1n) is 10.4. The van der Waals surface area contributed by atoms with Crippen LogP contribution in [-0.4, -0.2) is 64.5 Å². The van der Waals surface area contributed by atoms with Crippen LogP contribution in [0.15, 0.2) is 12.1 Å². The maximum absolute atomic E-state index is 12.6. The van der Waals surface area contributed by atoms with Crippen molar-refractivity contribution in [2.45, 2.75) is 51.6 Å². The molecule has 8 heteroatoms. The summed E-state index contributed by atoms with van der Waals surface area (Å²) >= 11 is 0. The number of hydrogen-bond acceptors (Lipinski definition) is 4. The molecule has 8 nitrogen and oxygen atoms in total. The average molecular weight is 399 g/mol. The summed E-state index contributed by atoms with van der Waals surface area (Å²) in [4.78, 5) is 31.2. The van der Waals surface area contributed by atoms with E-state index >= 15 is 0 Å². The monoisotopic (exact) mass is 399 g/mol. The van der Waals surface area contributed by atoms with Gasteiger partial charge in [0.15, 0.2) is 0 Å². The molecular weight excluding hydrogens is 370 g/mol. The highest BCUT2D eigenvalue weighted by atomic mass is 16.6. The number of non-ortho nitro benzene ring substituents is 1. The van der Waals surface area contributed by atoms with E-state index < -0.39 is 0 Å². The van der Waals surface area contributed by atoms with Crippen molar-refractivity contribution in [2.24, 2.45) is 0 Å². The number of nitro groups is 1. The van der Waals surface area contributed by atoms with Gasteiger partial charge in [0.25, 0.3) is 5.69 Å². The number of likely N-dealkylation sites (N-methyl/N-ethyl adjacent to an activating group) is 1. The molecule has 2 heterocycles. The van der Waals surface area contributed by atoms with Gasteiger partial charge in [0.2, 0.25) is 0 Å². The van der Waals surface area contributed by atoms with Crippen molar-refractivity contribution in [2.75, 3.05) is 26.7 Å². The zero-order valence-corrected chi connectivity index (χ0v) is 17.5. The minimum Gasteiger partial charge on any atom is -0.358 e. The Labute approximate surface area is 170 Å². The van der Waals surface area contributed by atoms with E-state index in [9.17, 15) is 14.9 Å². The Kier molecular flexibility index (Phi) is 4.98. The third kappa shape index (κ3) is 3.25. The van der Waals surface area contributed by atoms with Crippen LogP contribution in [0.25, 0.3) is 10.9 Å². The summed E-state index contributed by atoms with van der Waals surface area (Å²) in [5, 5.41) is 15.8. The molecule has 0 spiro atoms. The molecule has 2 amide bonds. The van der Waals surface area contributed by atoms with Crippen molar-refractivity contribution in [3.05, 3.63) is 39.1 Å². The SMILES string of the molecule is CCN(CC)C(=O)N[C@H]1C[C@@H]2c3cc([N+](=O)[O-])cc4[nH]c(C)c(c34)C[C@H]2N(C)C1. The number of amides is 2. The number of aryl methyl sites for hydroxylation is 1. The van der Waals surface area contributed by atoms with E-state index in [1.165, 1.54) is 5.56 Å². The van der Waals surface area contributed by atoms with E-state index in [1.54, 1.807) is 17.0 Å². The van der Waals surface area contributed by atoms with Gasteiger partial charge in [-0.1, -0.05) is 0 Å². The number of hydrogen-bond donors (Lipinski definition) is 2. The van der Waals surface area contributed by atoms with Crippen LogP contribution in [0.3, 0.4) is 0 Å². The first-order valence-corrected chi connectivity index (χ1v) is 10.4. The number of nitrogens with one attached hydrogen (secondary N) is 2. The number of piperidine rings is 1. The molecule has 1 fully saturated rings. The van der Waals surface area contributed by atoms with Gasteiger partial charge in [-0.2, -0.15) is 0 Å². The number of nitro benzene ring substituents is 1. The molecule has 2 aliphatic rings. The standard InChI is InChI=1S/C21H29N5O3/c1-5-25(6-2)21(27)23-13-7-16-17-8-14(26(28)29)9-18-20(17)15(12(3)22-18)10-19(16)24(4)11-13/h8-9,13,16,19,22H,5-7,10-11H2,1-4H3,(H,23,27)/t13-,16+,19+/m0/s1. The Morgan fingerprint density at radius 2 is 2.10 bits per heavy atom. The van der Waals surface area contributed by atoms with Gasteiger partial charge in [-0.3, -0.25) is 10.1 Å². The number of nitrogens with zero attached hydrogens (tertiary/aromatic N) is 3. The molecule has 2 aromatic rings. The lowest BCUT2D eigenvalue weighted by atomic mass is 9.73. The van der Waals surface area contributed by atoms with Crippen molar-refractivity contribution in [1.82, 2.24) is 20.1 Å². The normalized spacial score (nSPS) is 23.7. The fraction of sp³-hybridized carbons (Fsp3) is 0.571. The van der Waals surface area contributed by atoms with Crippen molar-refractivity contribution < 1.29 is 9.72 Å². The predicted octanol–water partition coefficient (Wildman–Crippen LogP) is 3.15. The highest BCUT2D eigenvalue weighted by Gasteiger charge is 2.41. The molecule has 0 saturated carbocycles. The van der Waals surface area contributed by atoms with E-state index in [0.717, 1.165) is 41.5 Å². The third-order valence-electron chi connectivity index (χ3n) is 6.71. The van der Waals surface area contributed by atoms with E-state index in [0.29, 0.717) is 13.1 Å². The number of H-pyrrole nitrogens is 1. The first-order chi connectivity index (χ1) is 13.8. The summed E-state index contributed by atoms with van der Waals surface area (Å²) in [7, 11) is 2.09. The zero-order valence-electron chi connectivity index (χ0n) is 17.5. The van der Waals surface area contributed by atoms with E-state index in [-0.39, 0.29) is 34.6 Å². The summed E-state index contributed by atoms with van der Waals surface area (Å²) in [6, 6.07) is 3.65. The third-order valence-corrected chi connectivity index (χ3v) is 6.71. The number of rotatable bonds is 4. The number of benzene rings is 1. The molecule has 0 bridgehead atoms. The van der Waals surface area contributed by atoms with Crippen LogP contribution in [0.5, 0.6) is 0 Å². The maximum atomic E-state index is 12.6. The van der Waals surface area contributed by atoms with Gasteiger partial charge in [0.05, 0.1) is 10.4 Å². The zero-order chi connectivity index (χ0) is 20.9. The molecular formula is C21H29N5O3. The van der Waals surface area contributed by atoms with Crippen LogP contribution >= 0.6 is 0 Å². The molecule has 29 heavy (non-hydrogen) atoms. The lowest BCUT2D eigenvalue weighted by molar-refractivity contribution is -0.384. The van der Waals surface area contributed by atoms with Crippen LogP contribution in [0.4, 0.5) is 10.5 Å². The van der Waals surface area contributed by atoms with Crippen molar-refractivity contribution in [3.8, 4) is 0 Å². The first kappa shape index (κ1) is 19.7. The highest BCUT2D eigenvalue weighted by molar-refractivity contribution is 5.91. The van der Waals surface area contributed by atoms with E-state index in [2.05, 4.69) is 22.2 Å². The summed E-state index contributed by atoms with van der Waals surface area (Å²) in [5.41, 5.74) is 4.36. The molecule has 156 valence electrons. The highest BCUT2D eigenvalue weighted by Crippen LogP contribution is 2.45. The number of likely N-dealkylation sites (tertiary alicyclic amines) is 1. The largest absolute Gasteiger partial charge is 0.358 e. The van der Waals surface area contributed by atoms with Crippen LogP contribution in [0.1, 0.15) is 43.0 Å². The number of urea groups is 1. The van der Waals surface area contributed by atoms with Crippen molar-refractivity contribution in [3.63, 3.8) is 0 Å². The van der Waals surface area contributed by atoms with Gasteiger partial charge in [-0.05, 0) is 51.8 Å². The lowest BCUT2D eigenvalue weighted by Crippen LogP contribution is -2.56. The number of aromatic nitrogens is 1. The van der Waals surface area contributed by atoms with Gasteiger partial charge in [-0.25, -0.2) is 4.79 Å². The molecule has 4 rings (SSSR count). The van der Waals surface area contributed by atoms with Crippen molar-refractivity contribution >= 4 is 22.6 Å². The minimum atomic E-state index is -0.318. The van der Waals surface area contributed by atoms with Gasteiger partial charge in [-0.15, -0.1) is 0 Å². The number of carbonyl (C=O) groups excluding carboxylic acids is 1. The summed E-state index contributed by atoms with van der Waals surface area (Å²) in [6.45, 7) is 8.13. The minimum absolute atomic E-state index is 0.0188. The molecule has 2 N–H and O–H groups in total. The molecule has 3 atom stereocenters. The number of aromatic amines is 1. The molecule has 1 aromatic heterocycles. The van der Waals surface area contributed by atoms with Crippen LogP contribution in [0, 0.1) is 17.0 Å². The summed E-state index contributed by atoms with van der Waals surface area (Å²) in [6.07, 6.45) is 1.72. The Bertz CT molecular complexity index is 965. The molecule has 0 radical (unpaired) electrons. The Hall–Kier alpha value is -2.61. The second-order valence-electron chi connectivity index (χ2n) is 8.32. The Morgan fingerprint density at radius 1 is 1.38 bits per heavy atom. The van der Waals surface area contributed by atoms with Crippen LogP contribution < -0.4 is 5.32 Å². The van der Waals surface area contributed by atoms with E-state index in [1.807, 2.05) is 20.8 Å². The Morgan fingerprint density at radius 3 is 2.76 bits per heavy atom. The predicted molar refractivity (Wildman–Crippen MR) is 112 cm³/mol. The van der Waals surface area contributed by atoms with Gasteiger partial charge in [0.1, 0.15) is 0 Å². The van der Waals surface area contributed by atoms with Crippen LogP contribution in [-0.2, 0) is 6.42 Å². The van der Waals surface area contributed by atoms with Gasteiger partial charge in [0, 0.05) is 60.8 Å². The maximum Gasteiger partial charge on any atom is 0.317 e. The second-order valence-corrected chi connectivity index (χ2v) is 8.32. The molecule has 0 unspecified atom stereocenters. The quantitative estimate of drug-likeness (QED) is 0.610. The Balaban J connectivity index is 1.71. The van der Waals surface area contributed by atoms with Crippen molar-refractivity contribution in [1.29, 1.82) is 0 Å². The molecule has 1 aromatic carbocycles. The number of carbonyl (C=O) groups is 1. The molecule has 1 aliphatic carbocycles.